The summed E-state index contributed by atoms with van der Waals surface area (Å²) in [5.74, 6) is -0.120. The van der Waals surface area contributed by atoms with Crippen molar-refractivity contribution in [1.29, 1.82) is 0 Å². The highest BCUT2D eigenvalue weighted by atomic mass is 35.5. The zero-order valence-corrected chi connectivity index (χ0v) is 12.6. The fraction of sp³-hybridized carbons (Fsp3) is 0.143. The lowest BCUT2D eigenvalue weighted by atomic mass is 10.4. The number of nitrogens with zero attached hydrogens (tertiary/aromatic N) is 6. The minimum absolute atomic E-state index is 0.120. The predicted octanol–water partition coefficient (Wildman–Crippen LogP) is 1.78. The van der Waals surface area contributed by atoms with Crippen LogP contribution in [0.3, 0.4) is 0 Å². The third-order valence-corrected chi connectivity index (χ3v) is 3.44. The Balaban J connectivity index is 1.82. The molecular weight excluding hydrogens is 304 g/mol. The molecule has 0 aliphatic heterocycles. The van der Waals surface area contributed by atoms with Gasteiger partial charge in [0.25, 0.3) is 0 Å². The molecule has 7 nitrogen and oxygen atoms in total. The molecule has 0 bridgehead atoms. The van der Waals surface area contributed by atoms with Crippen LogP contribution in [-0.4, -0.2) is 37.3 Å². The number of likely N-dealkylation sites (N-methyl/N-ethyl adjacent to an activating group) is 1. The van der Waals surface area contributed by atoms with Crippen LogP contribution in [0.1, 0.15) is 0 Å². The number of hydrogen-bond acceptors (Lipinski definition) is 4. The lowest BCUT2D eigenvalue weighted by Crippen LogP contribution is -2.29. The number of pyridine rings is 1. The molecule has 0 aromatic carbocycles. The van der Waals surface area contributed by atoms with Crippen molar-refractivity contribution in [2.24, 2.45) is 0 Å². The summed E-state index contributed by atoms with van der Waals surface area (Å²) in [6.45, 7) is 0.185. The molecule has 3 aromatic rings. The van der Waals surface area contributed by atoms with Gasteiger partial charge >= 0.3 is 0 Å². The van der Waals surface area contributed by atoms with Gasteiger partial charge in [0.15, 0.2) is 5.15 Å². The van der Waals surface area contributed by atoms with Gasteiger partial charge in [0.05, 0.1) is 24.4 Å². The van der Waals surface area contributed by atoms with Gasteiger partial charge in [0, 0.05) is 25.6 Å². The van der Waals surface area contributed by atoms with E-state index in [1.165, 1.54) is 4.90 Å². The van der Waals surface area contributed by atoms with E-state index in [0.717, 1.165) is 5.69 Å². The van der Waals surface area contributed by atoms with Crippen molar-refractivity contribution in [2.45, 2.75) is 6.54 Å². The first-order valence-electron chi connectivity index (χ1n) is 6.53. The highest BCUT2D eigenvalue weighted by Gasteiger charge is 2.18. The monoisotopic (exact) mass is 316 g/mol. The predicted molar refractivity (Wildman–Crippen MR) is 82.0 cm³/mol. The number of rotatable bonds is 4. The number of imidazole rings is 1. The van der Waals surface area contributed by atoms with E-state index in [-0.39, 0.29) is 17.6 Å². The number of halogens is 1. The minimum Gasteiger partial charge on any atom is -0.328 e. The Labute approximate surface area is 131 Å². The van der Waals surface area contributed by atoms with Crippen molar-refractivity contribution >= 4 is 23.2 Å². The van der Waals surface area contributed by atoms with E-state index in [9.17, 15) is 4.79 Å². The van der Waals surface area contributed by atoms with Crippen LogP contribution in [0.15, 0.2) is 49.4 Å². The Morgan fingerprint density at radius 3 is 2.91 bits per heavy atom. The number of anilines is 1. The third-order valence-electron chi connectivity index (χ3n) is 3.17. The molecule has 8 heteroatoms. The summed E-state index contributed by atoms with van der Waals surface area (Å²) in [5.41, 5.74) is 1.31. The maximum absolute atomic E-state index is 12.3. The van der Waals surface area contributed by atoms with Crippen LogP contribution >= 0.6 is 11.6 Å². The standard InChI is InChI=1S/C14H13ClN6O/c1-19(13(22)9-20-6-5-17-10-20)12-8-21(18-14(12)15)11-3-2-4-16-7-11/h2-8,10H,9H2,1H3. The maximum Gasteiger partial charge on any atom is 0.246 e. The molecule has 0 fully saturated rings. The number of carbonyl (C=O) groups excluding carboxylic acids is 1. The van der Waals surface area contributed by atoms with Crippen LogP contribution in [-0.2, 0) is 11.3 Å². The molecule has 3 aromatic heterocycles. The summed E-state index contributed by atoms with van der Waals surface area (Å²) < 4.78 is 3.28. The molecule has 0 aliphatic rings. The van der Waals surface area contributed by atoms with E-state index in [2.05, 4.69) is 15.1 Å². The van der Waals surface area contributed by atoms with Gasteiger partial charge < -0.3 is 9.47 Å². The highest BCUT2D eigenvalue weighted by Crippen LogP contribution is 2.25. The van der Waals surface area contributed by atoms with Gasteiger partial charge in [-0.2, -0.15) is 5.10 Å². The summed E-state index contributed by atoms with van der Waals surface area (Å²) in [6, 6.07) is 3.66. The fourth-order valence-corrected chi connectivity index (χ4v) is 2.22. The lowest BCUT2D eigenvalue weighted by molar-refractivity contribution is -0.118. The lowest BCUT2D eigenvalue weighted by Gasteiger charge is -2.15. The second-order valence-corrected chi connectivity index (χ2v) is 5.01. The summed E-state index contributed by atoms with van der Waals surface area (Å²) in [7, 11) is 1.66. The molecule has 0 saturated heterocycles. The first-order chi connectivity index (χ1) is 10.6. The molecule has 1 amide bonds. The Bertz CT molecular complexity index is 768. The summed E-state index contributed by atoms with van der Waals surface area (Å²) >= 11 is 6.15. The molecule has 3 rings (SSSR count). The quantitative estimate of drug-likeness (QED) is 0.735. The summed E-state index contributed by atoms with van der Waals surface area (Å²) in [5, 5.41) is 4.47. The van der Waals surface area contributed by atoms with Crippen molar-refractivity contribution in [2.75, 3.05) is 11.9 Å². The minimum atomic E-state index is -0.120. The first kappa shape index (κ1) is 14.3. The number of amides is 1. The van der Waals surface area contributed by atoms with E-state index >= 15 is 0 Å². The smallest absolute Gasteiger partial charge is 0.246 e. The van der Waals surface area contributed by atoms with Gasteiger partial charge in [0.2, 0.25) is 5.91 Å². The van der Waals surface area contributed by atoms with Crippen molar-refractivity contribution in [1.82, 2.24) is 24.3 Å². The summed E-state index contributed by atoms with van der Waals surface area (Å²) in [6.07, 6.45) is 9.99. The molecule has 0 saturated carbocycles. The Kier molecular flexibility index (Phi) is 3.88. The van der Waals surface area contributed by atoms with Crippen molar-refractivity contribution in [3.05, 3.63) is 54.6 Å². The van der Waals surface area contributed by atoms with Gasteiger partial charge in [-0.15, -0.1) is 0 Å². The molecule has 0 spiro atoms. The molecule has 0 radical (unpaired) electrons. The van der Waals surface area contributed by atoms with Crippen LogP contribution in [0.25, 0.3) is 5.69 Å². The zero-order chi connectivity index (χ0) is 15.5. The Hall–Kier alpha value is -2.67. The van der Waals surface area contributed by atoms with Gasteiger partial charge in [-0.25, -0.2) is 9.67 Å². The normalized spacial score (nSPS) is 10.6. The molecule has 112 valence electrons. The number of carbonyl (C=O) groups is 1. The first-order valence-corrected chi connectivity index (χ1v) is 6.91. The van der Waals surface area contributed by atoms with Crippen molar-refractivity contribution in [3.8, 4) is 5.69 Å². The van der Waals surface area contributed by atoms with Gasteiger partial charge in [-0.1, -0.05) is 11.6 Å². The molecular formula is C14H13ClN6O. The second kappa shape index (κ2) is 5.98. The van der Waals surface area contributed by atoms with Crippen LogP contribution in [0.2, 0.25) is 5.15 Å². The molecule has 22 heavy (non-hydrogen) atoms. The van der Waals surface area contributed by atoms with E-state index in [1.54, 1.807) is 59.7 Å². The molecule has 0 atom stereocenters. The average molecular weight is 317 g/mol. The number of hydrogen-bond donors (Lipinski definition) is 0. The van der Waals surface area contributed by atoms with Crippen LogP contribution in [0.4, 0.5) is 5.69 Å². The van der Waals surface area contributed by atoms with Crippen molar-refractivity contribution in [3.63, 3.8) is 0 Å². The third kappa shape index (κ3) is 2.84. The highest BCUT2D eigenvalue weighted by molar-refractivity contribution is 6.32. The molecule has 0 unspecified atom stereocenters. The average Bonchev–Trinajstić information content (AvgIpc) is 3.17. The molecule has 3 heterocycles. The van der Waals surface area contributed by atoms with Crippen LogP contribution in [0.5, 0.6) is 0 Å². The molecule has 0 N–H and O–H groups in total. The second-order valence-electron chi connectivity index (χ2n) is 4.65. The summed E-state index contributed by atoms with van der Waals surface area (Å²) in [4.78, 5) is 21.7. The fourth-order valence-electron chi connectivity index (χ4n) is 1.97. The van der Waals surface area contributed by atoms with Crippen molar-refractivity contribution < 1.29 is 4.79 Å². The maximum atomic E-state index is 12.3. The SMILES string of the molecule is CN(C(=O)Cn1ccnc1)c1cn(-c2cccnc2)nc1Cl. The van der Waals surface area contributed by atoms with E-state index in [1.807, 2.05) is 6.07 Å². The van der Waals surface area contributed by atoms with E-state index in [0.29, 0.717) is 5.69 Å². The van der Waals surface area contributed by atoms with Gasteiger partial charge in [0.1, 0.15) is 12.2 Å². The topological polar surface area (TPSA) is 68.8 Å². The van der Waals surface area contributed by atoms with E-state index in [4.69, 9.17) is 11.6 Å². The molecule has 0 aliphatic carbocycles. The Morgan fingerprint density at radius 1 is 1.36 bits per heavy atom. The van der Waals surface area contributed by atoms with Crippen LogP contribution < -0.4 is 4.90 Å². The zero-order valence-electron chi connectivity index (χ0n) is 11.8. The number of aromatic nitrogens is 5. The van der Waals surface area contributed by atoms with E-state index < -0.39 is 0 Å². The largest absolute Gasteiger partial charge is 0.328 e. The van der Waals surface area contributed by atoms with Gasteiger partial charge in [-0.05, 0) is 12.1 Å². The van der Waals surface area contributed by atoms with Gasteiger partial charge in [-0.3, -0.25) is 9.78 Å². The van der Waals surface area contributed by atoms with Crippen LogP contribution in [0, 0.1) is 0 Å². The Morgan fingerprint density at radius 2 is 2.23 bits per heavy atom.